The number of pyridine rings is 1. The number of nitrogens with zero attached hydrogens (tertiary/aromatic N) is 2. The first-order chi connectivity index (χ1) is 27.1. The fourth-order valence-electron chi connectivity index (χ4n) is 6.74. The van der Waals surface area contributed by atoms with Crippen molar-refractivity contribution >= 4 is 57.8 Å². The number of hydrogen-bond donors (Lipinski definition) is 2. The van der Waals surface area contributed by atoms with Crippen molar-refractivity contribution in [3.8, 4) is 23.0 Å². The maximum absolute atomic E-state index is 13.4. The predicted octanol–water partition coefficient (Wildman–Crippen LogP) is 10.8. The number of fused-ring (bicyclic) bond motifs is 2. The van der Waals surface area contributed by atoms with Gasteiger partial charge in [-0.3, -0.25) is 4.98 Å². The van der Waals surface area contributed by atoms with E-state index in [1.54, 1.807) is 36.5 Å². The van der Waals surface area contributed by atoms with Crippen molar-refractivity contribution in [2.75, 3.05) is 47.5 Å². The first kappa shape index (κ1) is 60.6. The van der Waals surface area contributed by atoms with Gasteiger partial charge in [0.25, 0.3) is 0 Å². The van der Waals surface area contributed by atoms with E-state index in [1.807, 2.05) is 12.1 Å². The van der Waals surface area contributed by atoms with Crippen LogP contribution in [-0.2, 0) is 54.8 Å². The molecule has 2 N–H and O–H groups in total. The number of ether oxygens (including phenoxy) is 1. The predicted molar refractivity (Wildman–Crippen MR) is 243 cm³/mol. The fraction of sp³-hybridized carbons (Fsp3) is 0.500. The molecule has 0 radical (unpaired) electrons. The van der Waals surface area contributed by atoms with E-state index in [4.69, 9.17) is 51.1 Å². The Balaban J connectivity index is 0. The van der Waals surface area contributed by atoms with Gasteiger partial charge in [-0.2, -0.15) is 0 Å². The number of alkyl halides is 4. The standard InChI is InChI=1S/C36H42N3O4.C8H20N.2CH2Cl2.Mo.2O/c1-34(2,3)22-16-24-31(27(18-22)38-20-21-12-11-14-29(40)30(21)41)43-32-25(36(24,7)8)17-23(35(4,5)6)19-28(32)39-33(42)26-13-9-10-15-37-26;1-5-9(6-2,7-3)8-4;2*2-1-3;;;/h9-19,33,38-41H,20H2,1-8H3;5-8H2,1-4H3;2*1H2;;;/q-1;+1;;;;2*-2/p-2/t33-;;;;;;/m0....../s1. The van der Waals surface area contributed by atoms with E-state index >= 15 is 0 Å². The summed E-state index contributed by atoms with van der Waals surface area (Å²) in [6, 6.07) is 18.3. The molecule has 0 amide bonds. The molecule has 10 nitrogen and oxygen atoms in total. The number of anilines is 2. The molecule has 1 aromatic heterocycles. The summed E-state index contributed by atoms with van der Waals surface area (Å²) in [5, 5.41) is 44.9. The zero-order valence-electron chi connectivity index (χ0n) is 37.6. The molecule has 1 aliphatic rings. The van der Waals surface area contributed by atoms with Gasteiger partial charge >= 0.3 is 0 Å². The molecule has 15 heteroatoms. The van der Waals surface area contributed by atoms with Crippen LogP contribution in [0.25, 0.3) is 0 Å². The molecule has 0 saturated carbocycles. The molecule has 0 bridgehead atoms. The molecule has 4 aromatic rings. The van der Waals surface area contributed by atoms with Crippen LogP contribution in [0.1, 0.15) is 123 Å². The maximum Gasteiger partial charge on any atom is 0.154 e. The van der Waals surface area contributed by atoms with Gasteiger partial charge in [-0.05, 0) is 85.7 Å². The van der Waals surface area contributed by atoms with Crippen LogP contribution < -0.4 is 30.7 Å². The number of rotatable bonds is 10. The van der Waals surface area contributed by atoms with Crippen molar-refractivity contribution in [3.63, 3.8) is 0 Å². The number of para-hydroxylation sites is 1. The molecular weight excluding hydrogens is 942 g/mol. The first-order valence-electron chi connectivity index (χ1n) is 19.8. The molecule has 0 saturated heterocycles. The Kier molecular flexibility index (Phi) is 26.8. The molecule has 0 fully saturated rings. The Hall–Kier alpha value is -2.50. The summed E-state index contributed by atoms with van der Waals surface area (Å²) in [6.07, 6.45) is 0.309. The van der Waals surface area contributed by atoms with Crippen LogP contribution in [0, 0.1) is 0 Å². The van der Waals surface area contributed by atoms with Gasteiger partial charge in [-0.1, -0.05) is 91.8 Å². The van der Waals surface area contributed by atoms with Gasteiger partial charge in [0.05, 0.1) is 48.2 Å². The van der Waals surface area contributed by atoms with Gasteiger partial charge in [-0.25, -0.2) is 0 Å². The van der Waals surface area contributed by atoms with E-state index < -0.39 is 23.1 Å². The molecule has 5 rings (SSSR count). The zero-order chi connectivity index (χ0) is 44.1. The van der Waals surface area contributed by atoms with Crippen LogP contribution in [-0.4, -0.2) is 46.3 Å². The van der Waals surface area contributed by atoms with E-state index in [9.17, 15) is 15.3 Å². The van der Waals surface area contributed by atoms with Crippen molar-refractivity contribution in [2.45, 2.75) is 112 Å². The Bertz CT molecular complexity index is 1870. The minimum atomic E-state index is -1.30. The second-order valence-electron chi connectivity index (χ2n) is 16.7. The zero-order valence-corrected chi connectivity index (χ0v) is 42.7. The second-order valence-corrected chi connectivity index (χ2v) is 18.3. The second kappa shape index (κ2) is 27.0. The van der Waals surface area contributed by atoms with Crippen LogP contribution in [0.15, 0.2) is 66.9 Å². The Morgan fingerprint density at radius 3 is 1.59 bits per heavy atom. The number of aromatic nitrogens is 1. The van der Waals surface area contributed by atoms with Crippen molar-refractivity contribution in [2.24, 2.45) is 0 Å². The third kappa shape index (κ3) is 16.2. The number of benzene rings is 3. The number of quaternary nitrogens is 1. The Labute approximate surface area is 399 Å². The third-order valence-electron chi connectivity index (χ3n) is 10.9. The first-order valence-corrected chi connectivity index (χ1v) is 22.0. The number of nitrogens with one attached hydrogen (secondary N) is 2. The van der Waals surface area contributed by atoms with E-state index in [-0.39, 0.29) is 60.1 Å². The minimum Gasteiger partial charge on any atom is -2.00 e. The molecule has 0 spiro atoms. The van der Waals surface area contributed by atoms with Crippen molar-refractivity contribution in [1.82, 2.24) is 4.98 Å². The molecule has 0 unspecified atom stereocenters. The molecular formula is C46H64Cl4MoN4O6-6. The topological polar surface area (TPSA) is 172 Å². The number of hydrogen-bond acceptors (Lipinski definition) is 7. The summed E-state index contributed by atoms with van der Waals surface area (Å²) in [4.78, 5) is 4.26. The SMILES string of the molecule is CC(C)(C)c1cc(NCc2cccc([O-])c2[O-])c2c(c1)C(C)(C)c1cc(C(C)(C)C)cc(N[C@@H]([O-])c3ccccn3)c1O2.CC[N+](CC)(CC)CC.ClCCl.ClCCl.[Mo].[O-2].[O-2]. The van der Waals surface area contributed by atoms with Gasteiger partial charge in [0, 0.05) is 56.0 Å². The van der Waals surface area contributed by atoms with Crippen LogP contribution in [0.5, 0.6) is 23.0 Å². The number of halogens is 4. The Morgan fingerprint density at radius 1 is 0.721 bits per heavy atom. The third-order valence-corrected chi connectivity index (χ3v) is 10.9. The summed E-state index contributed by atoms with van der Waals surface area (Å²) in [5.74, 6) is 0.171. The fourth-order valence-corrected chi connectivity index (χ4v) is 6.74. The van der Waals surface area contributed by atoms with Crippen LogP contribution in [0.2, 0.25) is 0 Å². The summed E-state index contributed by atoms with van der Waals surface area (Å²) >= 11 is 19.1. The van der Waals surface area contributed by atoms with Crippen molar-refractivity contribution in [3.05, 3.63) is 100 Å². The average Bonchev–Trinajstić information content (AvgIpc) is 3.17. The van der Waals surface area contributed by atoms with Crippen molar-refractivity contribution < 1.29 is 56.6 Å². The van der Waals surface area contributed by atoms with Gasteiger partial charge in [0.1, 0.15) is 0 Å². The van der Waals surface area contributed by atoms with Gasteiger partial charge in [0.15, 0.2) is 11.5 Å². The van der Waals surface area contributed by atoms with Crippen LogP contribution in [0.3, 0.4) is 0 Å². The average molecular weight is 1010 g/mol. The molecule has 344 valence electrons. The molecule has 3 aromatic carbocycles. The van der Waals surface area contributed by atoms with Crippen molar-refractivity contribution in [1.29, 1.82) is 0 Å². The van der Waals surface area contributed by atoms with E-state index in [0.29, 0.717) is 34.1 Å². The molecule has 61 heavy (non-hydrogen) atoms. The van der Waals surface area contributed by atoms with Crippen LogP contribution in [0.4, 0.5) is 11.4 Å². The molecule has 2 heterocycles. The molecule has 1 aliphatic heterocycles. The quantitative estimate of drug-likeness (QED) is 0.0688. The minimum absolute atomic E-state index is 0. The van der Waals surface area contributed by atoms with E-state index in [2.05, 4.69) is 111 Å². The van der Waals surface area contributed by atoms with E-state index in [0.717, 1.165) is 22.3 Å². The molecule has 1 atom stereocenters. The summed E-state index contributed by atoms with van der Waals surface area (Å²) in [6.45, 7) is 31.7. The smallest absolute Gasteiger partial charge is 0.154 e. The van der Waals surface area contributed by atoms with Gasteiger partial charge < -0.3 is 46.1 Å². The normalized spacial score (nSPS) is 12.7. The largest absolute Gasteiger partial charge is 2.00 e. The summed E-state index contributed by atoms with van der Waals surface area (Å²) in [5.41, 5.74) is 5.39. The van der Waals surface area contributed by atoms with Crippen LogP contribution >= 0.6 is 46.4 Å². The monoisotopic (exact) mass is 1010 g/mol. The van der Waals surface area contributed by atoms with Gasteiger partial charge in [0.2, 0.25) is 0 Å². The maximum atomic E-state index is 13.4. The molecule has 0 aliphatic carbocycles. The summed E-state index contributed by atoms with van der Waals surface area (Å²) in [7, 11) is 0. The van der Waals surface area contributed by atoms with E-state index in [1.165, 1.54) is 36.7 Å². The van der Waals surface area contributed by atoms with Gasteiger partial charge in [-0.15, -0.1) is 57.9 Å². The Morgan fingerprint density at radius 2 is 1.18 bits per heavy atom. The summed E-state index contributed by atoms with van der Waals surface area (Å²) < 4.78 is 8.04.